The molecule has 2 bridgehead atoms. The molecule has 1 aromatic heterocycles. The molecule has 2 fully saturated rings. The molecule has 0 amide bonds. The monoisotopic (exact) mass is 312 g/mol. The van der Waals surface area contributed by atoms with Gasteiger partial charge in [0, 0.05) is 24.5 Å². The van der Waals surface area contributed by atoms with Gasteiger partial charge >= 0.3 is 5.97 Å². The zero-order valence-electron chi connectivity index (χ0n) is 13.1. The number of piperidine rings is 1. The van der Waals surface area contributed by atoms with Crippen molar-refractivity contribution in [3.05, 3.63) is 29.5 Å². The minimum Gasteiger partial charge on any atom is -0.476 e. The third kappa shape index (κ3) is 2.20. The Hall–Kier alpha value is -2.37. The van der Waals surface area contributed by atoms with Gasteiger partial charge in [-0.15, -0.1) is 0 Å². The minimum atomic E-state index is -0.970. The topological polar surface area (TPSA) is 81.6 Å². The third-order valence-corrected chi connectivity index (χ3v) is 5.30. The van der Waals surface area contributed by atoms with E-state index < -0.39 is 5.97 Å². The highest BCUT2D eigenvalue weighted by Gasteiger charge is 2.40. The Morgan fingerprint density at radius 1 is 1.39 bits per heavy atom. The molecule has 23 heavy (non-hydrogen) atoms. The van der Waals surface area contributed by atoms with E-state index in [2.05, 4.69) is 26.2 Å². The molecule has 0 aliphatic carbocycles. The van der Waals surface area contributed by atoms with Gasteiger partial charge in [0.1, 0.15) is 0 Å². The van der Waals surface area contributed by atoms with Crippen LogP contribution in [0.15, 0.2) is 23.2 Å². The van der Waals surface area contributed by atoms with Crippen LogP contribution in [0.5, 0.6) is 0 Å². The summed E-state index contributed by atoms with van der Waals surface area (Å²) in [6, 6.07) is 6.98. The Balaban J connectivity index is 1.74. The number of hydrogen-bond acceptors (Lipinski definition) is 3. The molecular weight excluding hydrogens is 292 g/mol. The van der Waals surface area contributed by atoms with Crippen LogP contribution < -0.4 is 0 Å². The van der Waals surface area contributed by atoms with E-state index in [1.54, 1.807) is 0 Å². The van der Waals surface area contributed by atoms with Gasteiger partial charge in [0.25, 0.3) is 0 Å². The van der Waals surface area contributed by atoms with Crippen LogP contribution in [-0.2, 0) is 0 Å². The van der Waals surface area contributed by atoms with E-state index in [1.165, 1.54) is 12.8 Å². The van der Waals surface area contributed by atoms with Crippen LogP contribution in [0.2, 0.25) is 0 Å². The van der Waals surface area contributed by atoms with E-state index in [0.717, 1.165) is 29.3 Å². The van der Waals surface area contributed by atoms with Crippen LogP contribution in [-0.4, -0.2) is 51.6 Å². The van der Waals surface area contributed by atoms with E-state index >= 15 is 0 Å². The number of carboxylic acids is 1. The largest absolute Gasteiger partial charge is 0.476 e. The van der Waals surface area contributed by atoms with Crippen molar-refractivity contribution in [1.82, 2.24) is 15.1 Å². The molecule has 0 radical (unpaired) electrons. The summed E-state index contributed by atoms with van der Waals surface area (Å²) >= 11 is 0. The van der Waals surface area contributed by atoms with Gasteiger partial charge in [0.05, 0.1) is 11.9 Å². The fourth-order valence-electron chi connectivity index (χ4n) is 4.38. The summed E-state index contributed by atoms with van der Waals surface area (Å²) in [6.45, 7) is 0. The molecule has 2 saturated heterocycles. The minimum absolute atomic E-state index is 0.139. The van der Waals surface area contributed by atoms with Gasteiger partial charge in [0.2, 0.25) is 0 Å². The normalized spacial score (nSPS) is 27.2. The predicted octanol–water partition coefficient (Wildman–Crippen LogP) is 2.63. The maximum Gasteiger partial charge on any atom is 0.357 e. The second kappa shape index (κ2) is 5.37. The Kier molecular flexibility index (Phi) is 3.32. The zero-order valence-corrected chi connectivity index (χ0v) is 13.1. The molecule has 2 aliphatic heterocycles. The number of carboxylic acid groups (broad SMARTS) is 1. The Morgan fingerprint density at radius 2 is 2.13 bits per heavy atom. The summed E-state index contributed by atoms with van der Waals surface area (Å²) in [5, 5.41) is 17.0. The molecule has 6 nitrogen and oxygen atoms in total. The first kappa shape index (κ1) is 14.2. The van der Waals surface area contributed by atoms with E-state index in [9.17, 15) is 9.90 Å². The van der Waals surface area contributed by atoms with E-state index in [1.807, 2.05) is 25.5 Å². The molecule has 2 atom stereocenters. The van der Waals surface area contributed by atoms with Crippen molar-refractivity contribution < 1.29 is 9.90 Å². The lowest BCUT2D eigenvalue weighted by Gasteiger charge is -2.38. The number of aromatic nitrogens is 2. The summed E-state index contributed by atoms with van der Waals surface area (Å²) in [4.78, 5) is 18.1. The average molecular weight is 312 g/mol. The first-order valence-electron chi connectivity index (χ1n) is 8.09. The summed E-state index contributed by atoms with van der Waals surface area (Å²) < 4.78 is 0. The molecule has 0 saturated carbocycles. The van der Waals surface area contributed by atoms with Crippen molar-refractivity contribution in [3.8, 4) is 0 Å². The van der Waals surface area contributed by atoms with E-state index in [0.29, 0.717) is 18.0 Å². The van der Waals surface area contributed by atoms with Crippen LogP contribution in [0.25, 0.3) is 10.9 Å². The predicted molar refractivity (Wildman–Crippen MR) is 88.1 cm³/mol. The Morgan fingerprint density at radius 3 is 2.78 bits per heavy atom. The lowest BCUT2D eigenvalue weighted by atomic mass is 9.83. The molecule has 2 unspecified atom stereocenters. The lowest BCUT2D eigenvalue weighted by Crippen LogP contribution is -2.41. The molecule has 6 heteroatoms. The second-order valence-electron chi connectivity index (χ2n) is 6.52. The average Bonchev–Trinajstić information content (AvgIpc) is 3.06. The van der Waals surface area contributed by atoms with E-state index in [4.69, 9.17) is 0 Å². The van der Waals surface area contributed by atoms with Crippen LogP contribution in [0.1, 0.15) is 47.7 Å². The number of rotatable bonds is 3. The van der Waals surface area contributed by atoms with Crippen molar-refractivity contribution >= 4 is 23.2 Å². The van der Waals surface area contributed by atoms with Gasteiger partial charge < -0.3 is 10.0 Å². The highest BCUT2D eigenvalue weighted by molar-refractivity contribution is 6.02. The standard InChI is InChI=1S/C17H20N4O2/c1-18-9-21-11-5-6-12(21)8-10(7-11)13-3-2-4-14-15(13)16(17(22)23)20-19-14/h2-4,9-12H,5-8H2,1H3,(H,19,20)(H,22,23). The number of nitrogens with zero attached hydrogens (tertiary/aromatic N) is 3. The summed E-state index contributed by atoms with van der Waals surface area (Å²) in [6.07, 6.45) is 6.46. The van der Waals surface area contributed by atoms with Crippen LogP contribution in [0, 0.1) is 0 Å². The second-order valence-corrected chi connectivity index (χ2v) is 6.52. The van der Waals surface area contributed by atoms with Gasteiger partial charge in [-0.2, -0.15) is 5.10 Å². The van der Waals surface area contributed by atoms with Crippen LogP contribution in [0.3, 0.4) is 0 Å². The number of fused-ring (bicyclic) bond motifs is 3. The number of benzene rings is 1. The fourth-order valence-corrected chi connectivity index (χ4v) is 4.38. The number of carbonyl (C=O) groups is 1. The molecular formula is C17H20N4O2. The first-order valence-corrected chi connectivity index (χ1v) is 8.09. The molecule has 2 aromatic rings. The Bertz CT molecular complexity index is 768. The third-order valence-electron chi connectivity index (χ3n) is 5.30. The number of H-pyrrole nitrogens is 1. The number of aromatic amines is 1. The molecule has 2 aliphatic rings. The van der Waals surface area contributed by atoms with Gasteiger partial charge in [0.15, 0.2) is 5.69 Å². The maximum absolute atomic E-state index is 11.5. The fraction of sp³-hybridized carbons (Fsp3) is 0.471. The van der Waals surface area contributed by atoms with Crippen molar-refractivity contribution in [2.45, 2.75) is 43.7 Å². The van der Waals surface area contributed by atoms with Crippen LogP contribution >= 0.6 is 0 Å². The molecule has 0 spiro atoms. The maximum atomic E-state index is 11.5. The van der Waals surface area contributed by atoms with Gasteiger partial charge in [-0.25, -0.2) is 4.79 Å². The van der Waals surface area contributed by atoms with Crippen molar-refractivity contribution in [1.29, 1.82) is 0 Å². The summed E-state index contributed by atoms with van der Waals surface area (Å²) in [5.41, 5.74) is 2.07. The zero-order chi connectivity index (χ0) is 16.0. The van der Waals surface area contributed by atoms with Crippen LogP contribution in [0.4, 0.5) is 0 Å². The van der Waals surface area contributed by atoms with Gasteiger partial charge in [-0.1, -0.05) is 12.1 Å². The number of aromatic carboxylic acids is 1. The van der Waals surface area contributed by atoms with Crippen molar-refractivity contribution in [2.75, 3.05) is 7.05 Å². The highest BCUT2D eigenvalue weighted by atomic mass is 16.4. The number of aliphatic imine (C=N–C) groups is 1. The summed E-state index contributed by atoms with van der Waals surface area (Å²) in [5.74, 6) is -0.587. The number of hydrogen-bond donors (Lipinski definition) is 2. The quantitative estimate of drug-likeness (QED) is 0.674. The smallest absolute Gasteiger partial charge is 0.357 e. The lowest BCUT2D eigenvalue weighted by molar-refractivity contribution is 0.0692. The van der Waals surface area contributed by atoms with E-state index in [-0.39, 0.29) is 5.69 Å². The molecule has 2 N–H and O–H groups in total. The Labute approximate surface area is 134 Å². The highest BCUT2D eigenvalue weighted by Crippen LogP contribution is 2.44. The van der Waals surface area contributed by atoms with Gasteiger partial charge in [-0.3, -0.25) is 10.1 Å². The van der Waals surface area contributed by atoms with Crippen molar-refractivity contribution in [2.24, 2.45) is 4.99 Å². The first-order chi connectivity index (χ1) is 11.2. The molecule has 120 valence electrons. The van der Waals surface area contributed by atoms with Gasteiger partial charge in [-0.05, 0) is 43.2 Å². The molecule has 1 aromatic carbocycles. The summed E-state index contributed by atoms with van der Waals surface area (Å²) in [7, 11) is 1.82. The molecule has 4 rings (SSSR count). The SMILES string of the molecule is CN=CN1C2CCC1CC(c1cccc3[nH]nc(C(=O)O)c13)C2. The molecule has 3 heterocycles. The van der Waals surface area contributed by atoms with Crippen molar-refractivity contribution in [3.63, 3.8) is 0 Å². The number of nitrogens with one attached hydrogen (secondary N) is 1.